The maximum absolute atomic E-state index is 14.1. The molecule has 1 unspecified atom stereocenters. The van der Waals surface area contributed by atoms with Crippen molar-refractivity contribution in [2.45, 2.75) is 4.83 Å². The molecule has 0 radical (unpaired) electrons. The molecule has 2 nitrogen and oxygen atoms in total. The summed E-state index contributed by atoms with van der Waals surface area (Å²) in [6.07, 6.45) is 0. The molecular formula is C15H12Br3FO2. The van der Waals surface area contributed by atoms with Crippen molar-refractivity contribution in [3.8, 4) is 11.5 Å². The van der Waals surface area contributed by atoms with Crippen LogP contribution in [-0.2, 0) is 0 Å². The standard InChI is InChI=1S/C15H12Br3FO2/c1-20-13-6-10(11(17)7-14(13)21-2)15(18)9-4-3-8(16)5-12(9)19/h3-7,15H,1-2H3. The predicted molar refractivity (Wildman–Crippen MR) is 92.1 cm³/mol. The number of alkyl halides is 1. The van der Waals surface area contributed by atoms with Crippen LogP contribution in [0.1, 0.15) is 16.0 Å². The van der Waals surface area contributed by atoms with E-state index in [2.05, 4.69) is 47.8 Å². The van der Waals surface area contributed by atoms with E-state index in [1.54, 1.807) is 32.4 Å². The van der Waals surface area contributed by atoms with Gasteiger partial charge in [0.1, 0.15) is 5.82 Å². The van der Waals surface area contributed by atoms with Gasteiger partial charge in [0.05, 0.1) is 19.0 Å². The molecule has 0 heterocycles. The zero-order chi connectivity index (χ0) is 15.6. The van der Waals surface area contributed by atoms with Crippen LogP contribution in [0.15, 0.2) is 39.3 Å². The summed E-state index contributed by atoms with van der Waals surface area (Å²) in [6, 6.07) is 8.62. The van der Waals surface area contributed by atoms with Gasteiger partial charge in [0, 0.05) is 14.5 Å². The van der Waals surface area contributed by atoms with Crippen LogP contribution >= 0.6 is 47.8 Å². The molecule has 1 atom stereocenters. The van der Waals surface area contributed by atoms with Crippen molar-refractivity contribution in [2.24, 2.45) is 0 Å². The van der Waals surface area contributed by atoms with Crippen LogP contribution in [0, 0.1) is 5.82 Å². The molecule has 6 heteroatoms. The fraction of sp³-hybridized carbons (Fsp3) is 0.200. The maximum Gasteiger partial charge on any atom is 0.161 e. The molecule has 0 saturated carbocycles. The lowest BCUT2D eigenvalue weighted by molar-refractivity contribution is 0.354. The van der Waals surface area contributed by atoms with E-state index < -0.39 is 0 Å². The zero-order valence-electron chi connectivity index (χ0n) is 11.3. The number of hydrogen-bond acceptors (Lipinski definition) is 2. The quantitative estimate of drug-likeness (QED) is 0.509. The van der Waals surface area contributed by atoms with Gasteiger partial charge in [0.15, 0.2) is 11.5 Å². The van der Waals surface area contributed by atoms with Gasteiger partial charge in [-0.05, 0) is 29.8 Å². The van der Waals surface area contributed by atoms with Crippen molar-refractivity contribution >= 4 is 47.8 Å². The molecule has 2 rings (SSSR count). The Hall–Kier alpha value is -0.590. The molecule has 2 aromatic carbocycles. The minimum absolute atomic E-state index is 0.284. The fourth-order valence-electron chi connectivity index (χ4n) is 1.94. The first-order chi connectivity index (χ1) is 9.97. The number of halogens is 4. The second kappa shape index (κ2) is 7.11. The molecule has 0 amide bonds. The van der Waals surface area contributed by atoms with Crippen molar-refractivity contribution in [3.63, 3.8) is 0 Å². The number of methoxy groups -OCH3 is 2. The SMILES string of the molecule is COc1cc(Br)c(C(Br)c2ccc(Br)cc2F)cc1OC. The van der Waals surface area contributed by atoms with E-state index in [4.69, 9.17) is 9.47 Å². The van der Waals surface area contributed by atoms with Crippen LogP contribution in [0.5, 0.6) is 11.5 Å². The highest BCUT2D eigenvalue weighted by Crippen LogP contribution is 2.42. The molecule has 0 aliphatic heterocycles. The first-order valence-electron chi connectivity index (χ1n) is 5.98. The molecule has 0 aliphatic rings. The van der Waals surface area contributed by atoms with Crippen molar-refractivity contribution in [3.05, 3.63) is 56.2 Å². The third-order valence-electron chi connectivity index (χ3n) is 3.01. The molecule has 0 fully saturated rings. The number of benzene rings is 2. The van der Waals surface area contributed by atoms with Crippen LogP contribution in [0.2, 0.25) is 0 Å². The molecule has 0 aromatic heterocycles. The largest absolute Gasteiger partial charge is 0.493 e. The average Bonchev–Trinajstić information content (AvgIpc) is 2.46. The van der Waals surface area contributed by atoms with Gasteiger partial charge in [-0.3, -0.25) is 0 Å². The summed E-state index contributed by atoms with van der Waals surface area (Å²) >= 11 is 10.3. The Kier molecular flexibility index (Phi) is 5.68. The number of hydrogen-bond donors (Lipinski definition) is 0. The van der Waals surface area contributed by atoms with Crippen LogP contribution < -0.4 is 9.47 Å². The summed E-state index contributed by atoms with van der Waals surface area (Å²) in [4.78, 5) is -0.306. The molecule has 0 aliphatic carbocycles. The summed E-state index contributed by atoms with van der Waals surface area (Å²) in [5.74, 6) is 0.926. The zero-order valence-corrected chi connectivity index (χ0v) is 16.1. The van der Waals surface area contributed by atoms with E-state index in [0.717, 1.165) is 10.0 Å². The third-order valence-corrected chi connectivity index (χ3v) is 5.18. The molecule has 0 N–H and O–H groups in total. The second-order valence-corrected chi connectivity index (χ2v) is 6.94. The Morgan fingerprint density at radius 2 is 1.57 bits per heavy atom. The van der Waals surface area contributed by atoms with Crippen molar-refractivity contribution < 1.29 is 13.9 Å². The minimum Gasteiger partial charge on any atom is -0.493 e. The first-order valence-corrected chi connectivity index (χ1v) is 8.48. The van der Waals surface area contributed by atoms with E-state index in [1.807, 2.05) is 6.07 Å². The molecule has 112 valence electrons. The molecule has 0 spiro atoms. The third kappa shape index (κ3) is 3.60. The van der Waals surface area contributed by atoms with Crippen LogP contribution in [-0.4, -0.2) is 14.2 Å². The van der Waals surface area contributed by atoms with E-state index in [0.29, 0.717) is 21.5 Å². The lowest BCUT2D eigenvalue weighted by atomic mass is 10.0. The van der Waals surface area contributed by atoms with Gasteiger partial charge in [0.2, 0.25) is 0 Å². The number of ether oxygens (including phenoxy) is 2. The van der Waals surface area contributed by atoms with Gasteiger partial charge in [-0.25, -0.2) is 4.39 Å². The molecule has 21 heavy (non-hydrogen) atoms. The highest BCUT2D eigenvalue weighted by molar-refractivity contribution is 9.11. The van der Waals surface area contributed by atoms with E-state index in [-0.39, 0.29) is 10.6 Å². The van der Waals surface area contributed by atoms with E-state index >= 15 is 0 Å². The van der Waals surface area contributed by atoms with Gasteiger partial charge in [0.25, 0.3) is 0 Å². The maximum atomic E-state index is 14.1. The van der Waals surface area contributed by atoms with Crippen LogP contribution in [0.4, 0.5) is 4.39 Å². The Morgan fingerprint density at radius 3 is 2.14 bits per heavy atom. The highest BCUT2D eigenvalue weighted by Gasteiger charge is 2.20. The lowest BCUT2D eigenvalue weighted by Gasteiger charge is -2.17. The Balaban J connectivity index is 2.50. The molecule has 0 bridgehead atoms. The summed E-state index contributed by atoms with van der Waals surface area (Å²) in [5.41, 5.74) is 1.40. The van der Waals surface area contributed by atoms with E-state index in [1.165, 1.54) is 6.07 Å². The summed E-state index contributed by atoms with van der Waals surface area (Å²) in [6.45, 7) is 0. The summed E-state index contributed by atoms with van der Waals surface area (Å²) in [7, 11) is 3.14. The smallest absolute Gasteiger partial charge is 0.161 e. The molecule has 2 aromatic rings. The van der Waals surface area contributed by atoms with E-state index in [9.17, 15) is 4.39 Å². The van der Waals surface area contributed by atoms with Gasteiger partial charge < -0.3 is 9.47 Å². The highest BCUT2D eigenvalue weighted by atomic mass is 79.9. The lowest BCUT2D eigenvalue weighted by Crippen LogP contribution is -2.00. The van der Waals surface area contributed by atoms with Crippen LogP contribution in [0.3, 0.4) is 0 Å². The minimum atomic E-state index is -0.306. The van der Waals surface area contributed by atoms with Crippen molar-refractivity contribution in [2.75, 3.05) is 14.2 Å². The van der Waals surface area contributed by atoms with Gasteiger partial charge in [-0.15, -0.1) is 0 Å². The molecular weight excluding hydrogens is 471 g/mol. The first kappa shape index (κ1) is 16.8. The second-order valence-electron chi connectivity index (χ2n) is 4.26. The van der Waals surface area contributed by atoms with Gasteiger partial charge >= 0.3 is 0 Å². The van der Waals surface area contributed by atoms with Gasteiger partial charge in [-0.1, -0.05) is 53.9 Å². The monoisotopic (exact) mass is 480 g/mol. The van der Waals surface area contributed by atoms with Crippen LogP contribution in [0.25, 0.3) is 0 Å². The van der Waals surface area contributed by atoms with Crippen molar-refractivity contribution in [1.82, 2.24) is 0 Å². The normalized spacial score (nSPS) is 12.1. The number of rotatable bonds is 4. The Morgan fingerprint density at radius 1 is 0.952 bits per heavy atom. The average molecular weight is 483 g/mol. The Bertz CT molecular complexity index is 662. The van der Waals surface area contributed by atoms with Crippen molar-refractivity contribution in [1.29, 1.82) is 0 Å². The Labute approximate surface area is 148 Å². The topological polar surface area (TPSA) is 18.5 Å². The summed E-state index contributed by atoms with van der Waals surface area (Å²) in [5, 5.41) is 0. The fourth-order valence-corrected chi connectivity index (χ4v) is 3.88. The predicted octanol–water partition coefficient (Wildman–Crippen LogP) is 5.85. The summed E-state index contributed by atoms with van der Waals surface area (Å²) < 4.78 is 26.2. The molecule has 0 saturated heterocycles. The van der Waals surface area contributed by atoms with Gasteiger partial charge in [-0.2, -0.15) is 0 Å².